The third-order valence-electron chi connectivity index (χ3n) is 14.3. The van der Waals surface area contributed by atoms with Crippen LogP contribution >= 0.6 is 0 Å². The Morgan fingerprint density at radius 2 is 1.09 bits per heavy atom. The maximum absolute atomic E-state index is 11.2. The molecule has 0 amide bonds. The monoisotopic (exact) mass is 1190 g/mol. The molecule has 0 bridgehead atoms. The van der Waals surface area contributed by atoms with E-state index in [1.807, 2.05) is 126 Å². The van der Waals surface area contributed by atoms with E-state index in [2.05, 4.69) is 4.99 Å². The van der Waals surface area contributed by atoms with Gasteiger partial charge in [0.1, 0.15) is 6.10 Å². The molecule has 17 atom stereocenters. The Balaban J connectivity index is 2.43. The number of epoxide rings is 1. The number of nitrogens with two attached hydrogens (primary N) is 2. The highest BCUT2D eigenvalue weighted by molar-refractivity contribution is 5.92. The number of rotatable bonds is 46. The summed E-state index contributed by atoms with van der Waals surface area (Å²) in [6.07, 6.45) is 33.2. The van der Waals surface area contributed by atoms with Gasteiger partial charge in [-0.1, -0.05) is 161 Å². The van der Waals surface area contributed by atoms with Crippen LogP contribution in [0.15, 0.2) is 155 Å². The molecular weight excluding hydrogens is 1080 g/mol. The van der Waals surface area contributed by atoms with Crippen LogP contribution in [0.1, 0.15) is 138 Å². The van der Waals surface area contributed by atoms with E-state index in [-0.39, 0.29) is 93.3 Å². The van der Waals surface area contributed by atoms with Crippen LogP contribution in [0.5, 0.6) is 0 Å². The van der Waals surface area contributed by atoms with Crippen LogP contribution in [0.3, 0.4) is 0 Å². The van der Waals surface area contributed by atoms with Gasteiger partial charge >= 0.3 is 0 Å². The fraction of sp³-hybridized carbons (Fsp3) is 0.597. The van der Waals surface area contributed by atoms with Crippen LogP contribution in [0.25, 0.3) is 0 Å². The first kappa shape index (κ1) is 78.0. The SMILES string of the molecule is CC(=O)/C(C)=C/C=C/C=C/CC/C=C/C(C)C(O)C(C)C(O)/C=C/C=C/C=C/C=C/C=C/C=C/CC(O)C(C)C(CC(O)CC(O)/C=C/CC(O)CC(O)CC(O)C1OC1CC(O)CC(O)/C=C/CC(O)CC(O)CCCN=C(N)N)=NC(C)C. The molecule has 85 heavy (non-hydrogen) atoms. The first-order chi connectivity index (χ1) is 40.3. The van der Waals surface area contributed by atoms with Crippen LogP contribution < -0.4 is 11.5 Å². The molecule has 0 saturated carbocycles. The molecule has 18 nitrogen and oxygen atoms in total. The summed E-state index contributed by atoms with van der Waals surface area (Å²) in [5, 5.41) is 127. The first-order valence-electron chi connectivity index (χ1n) is 30.3. The summed E-state index contributed by atoms with van der Waals surface area (Å²) in [5.74, 6) is -0.824. The van der Waals surface area contributed by atoms with Crippen molar-refractivity contribution < 1.29 is 70.8 Å². The lowest BCUT2D eigenvalue weighted by molar-refractivity contribution is -0.113. The van der Waals surface area contributed by atoms with Gasteiger partial charge in [-0.2, -0.15) is 0 Å². The number of ether oxygens (including phenoxy) is 1. The quantitative estimate of drug-likeness (QED) is 0.00611. The summed E-state index contributed by atoms with van der Waals surface area (Å²) >= 11 is 0. The summed E-state index contributed by atoms with van der Waals surface area (Å²) in [6, 6.07) is -0.0864. The lowest BCUT2D eigenvalue weighted by Crippen LogP contribution is -2.32. The minimum Gasteiger partial charge on any atom is -0.393 e. The number of guanidine groups is 1. The zero-order valence-electron chi connectivity index (χ0n) is 51.5. The molecule has 16 N–H and O–H groups in total. The Morgan fingerprint density at radius 3 is 1.68 bits per heavy atom. The minimum absolute atomic E-state index is 0.00294. The molecule has 480 valence electrons. The van der Waals surface area contributed by atoms with Crippen LogP contribution in [0.4, 0.5) is 0 Å². The second kappa shape index (κ2) is 46.2. The van der Waals surface area contributed by atoms with Crippen molar-refractivity contribution in [2.45, 2.75) is 230 Å². The lowest BCUT2D eigenvalue weighted by atomic mass is 9.88. The van der Waals surface area contributed by atoms with Crippen molar-refractivity contribution in [2.75, 3.05) is 6.54 Å². The molecule has 17 unspecified atom stereocenters. The highest BCUT2D eigenvalue weighted by Crippen LogP contribution is 2.33. The van der Waals surface area contributed by atoms with Crippen molar-refractivity contribution in [3.8, 4) is 0 Å². The summed E-state index contributed by atoms with van der Waals surface area (Å²) < 4.78 is 5.54. The number of carbonyl (C=O) groups is 1. The summed E-state index contributed by atoms with van der Waals surface area (Å²) in [4.78, 5) is 19.8. The average molecular weight is 1190 g/mol. The molecule has 0 spiro atoms. The predicted molar refractivity (Wildman–Crippen MR) is 341 cm³/mol. The van der Waals surface area contributed by atoms with Gasteiger partial charge in [0.25, 0.3) is 0 Å². The maximum atomic E-state index is 11.2. The van der Waals surface area contributed by atoms with Crippen LogP contribution in [0.2, 0.25) is 0 Å². The number of unbranched alkanes of at least 4 members (excludes halogenated alkanes) is 1. The van der Waals surface area contributed by atoms with Crippen molar-refractivity contribution >= 4 is 17.5 Å². The number of hydrogen-bond donors (Lipinski definition) is 14. The molecule has 1 fully saturated rings. The van der Waals surface area contributed by atoms with E-state index < -0.39 is 85.5 Å². The normalized spacial score (nSPS) is 21.4. The summed E-state index contributed by atoms with van der Waals surface area (Å²) in [7, 11) is 0. The number of Topliss-reactive ketones (excluding diaryl/α,β-unsaturated/α-hetero) is 1. The first-order valence-corrected chi connectivity index (χ1v) is 30.3. The fourth-order valence-electron chi connectivity index (χ4n) is 8.99. The number of aliphatic hydroxyl groups excluding tert-OH is 12. The molecule has 0 aliphatic carbocycles. The van der Waals surface area contributed by atoms with Gasteiger partial charge in [0.15, 0.2) is 11.7 Å². The van der Waals surface area contributed by atoms with Gasteiger partial charge in [0.05, 0.1) is 79.4 Å². The van der Waals surface area contributed by atoms with E-state index in [0.717, 1.165) is 12.8 Å². The van der Waals surface area contributed by atoms with Crippen molar-refractivity contribution in [1.29, 1.82) is 0 Å². The molecule has 1 aliphatic heterocycles. The third-order valence-corrected chi connectivity index (χ3v) is 14.3. The number of aliphatic hydroxyl groups is 12. The smallest absolute Gasteiger partial charge is 0.185 e. The highest BCUT2D eigenvalue weighted by atomic mass is 16.6. The van der Waals surface area contributed by atoms with Crippen molar-refractivity contribution in [3.05, 3.63) is 145 Å². The van der Waals surface area contributed by atoms with E-state index >= 15 is 0 Å². The number of hydrogen-bond acceptors (Lipinski definition) is 16. The van der Waals surface area contributed by atoms with Gasteiger partial charge < -0.3 is 77.5 Å². The van der Waals surface area contributed by atoms with E-state index in [1.54, 1.807) is 50.3 Å². The molecule has 1 saturated heterocycles. The largest absolute Gasteiger partial charge is 0.393 e. The van der Waals surface area contributed by atoms with Crippen LogP contribution in [0, 0.1) is 17.8 Å². The van der Waals surface area contributed by atoms with Gasteiger partial charge in [0.2, 0.25) is 0 Å². The molecule has 0 aromatic rings. The molecule has 1 aliphatic rings. The predicted octanol–water partition coefficient (Wildman–Crippen LogP) is 6.23. The molecule has 1 rings (SSSR count). The number of ketones is 1. The van der Waals surface area contributed by atoms with Crippen molar-refractivity contribution in [2.24, 2.45) is 39.2 Å². The molecular formula is C67H108N4O14. The van der Waals surface area contributed by atoms with Crippen LogP contribution in [-0.4, -0.2) is 177 Å². The number of allylic oxidation sites excluding steroid dienone is 17. The van der Waals surface area contributed by atoms with Crippen molar-refractivity contribution in [1.82, 2.24) is 0 Å². The number of carbonyl (C=O) groups excluding carboxylic acids is 1. The number of nitrogens with zero attached hydrogens (tertiary/aromatic N) is 2. The zero-order valence-corrected chi connectivity index (χ0v) is 51.5. The molecule has 1 heterocycles. The highest BCUT2D eigenvalue weighted by Gasteiger charge is 2.45. The summed E-state index contributed by atoms with van der Waals surface area (Å²) in [6.45, 7) is 13.1. The third kappa shape index (κ3) is 40.1. The van der Waals surface area contributed by atoms with Gasteiger partial charge in [-0.15, -0.1) is 0 Å². The van der Waals surface area contributed by atoms with Gasteiger partial charge in [-0.05, 0) is 91.1 Å². The second-order valence-corrected chi connectivity index (χ2v) is 22.7. The zero-order chi connectivity index (χ0) is 63.7. The number of aliphatic imine (C=N–C) groups is 2. The van der Waals surface area contributed by atoms with E-state index in [0.29, 0.717) is 37.1 Å². The van der Waals surface area contributed by atoms with Crippen LogP contribution in [-0.2, 0) is 9.53 Å². The standard InChI is InChI=1S/C67H108N4O14/c1-46(2)71-60(49(5)61(81)36-24-20-16-11-9-8-10-12-17-21-25-37-62(82)50(6)65(84)48(4)30-23-19-15-13-14-18-22-29-47(3)51(7)72)43-57(78)40-53(74)32-27-33-54(75)41-58(79)44-63(83)66-64(85-66)45-59(80)42-55(76)34-26-31-52(73)39-56(77)35-28-38-70-67(68)69/h8-14,16-18,20-27,29-30,32,34,37,46,48-50,52-59,61-66,73-84H,15,19,28,31,33,35-36,38-45H2,1-7H3,(H4,68,69,70)/b9-8+,12-10+,14-13+,16-11+,21-17+,22-18+,24-20+,30-23+,32-27+,34-26+,37-25+,47-29+,71-60?. The topological polar surface area (TPSA) is 349 Å². The molecule has 18 heteroatoms. The Labute approximate surface area is 507 Å². The van der Waals surface area contributed by atoms with E-state index in [4.69, 9.17) is 21.2 Å². The maximum Gasteiger partial charge on any atom is 0.185 e. The van der Waals surface area contributed by atoms with Gasteiger partial charge in [-0.3, -0.25) is 14.8 Å². The van der Waals surface area contributed by atoms with Gasteiger partial charge in [0, 0.05) is 68.2 Å². The molecule has 0 radical (unpaired) electrons. The van der Waals surface area contributed by atoms with E-state index in [1.165, 1.54) is 12.2 Å². The van der Waals surface area contributed by atoms with Gasteiger partial charge in [-0.25, -0.2) is 0 Å². The van der Waals surface area contributed by atoms with Crippen molar-refractivity contribution in [3.63, 3.8) is 0 Å². The average Bonchev–Trinajstić information content (AvgIpc) is 2.92. The Kier molecular flexibility index (Phi) is 42.4. The Bertz CT molecular complexity index is 2260. The minimum atomic E-state index is -1.06. The molecule has 0 aromatic carbocycles. The fourth-order valence-corrected chi connectivity index (χ4v) is 8.99. The molecule has 0 aromatic heterocycles. The Hall–Kier alpha value is -5.03. The Morgan fingerprint density at radius 1 is 0.553 bits per heavy atom. The lowest BCUT2D eigenvalue weighted by Gasteiger charge is -2.25. The second-order valence-electron chi connectivity index (χ2n) is 22.7. The summed E-state index contributed by atoms with van der Waals surface area (Å²) in [5.41, 5.74) is 11.9. The van der Waals surface area contributed by atoms with E-state index in [9.17, 15) is 66.1 Å².